The second-order valence-corrected chi connectivity index (χ2v) is 6.73. The van der Waals surface area contributed by atoms with E-state index in [9.17, 15) is 9.59 Å². The molecule has 2 saturated heterocycles. The monoisotopic (exact) mass is 331 g/mol. The van der Waals surface area contributed by atoms with Crippen LogP contribution in [0.1, 0.15) is 37.2 Å². The van der Waals surface area contributed by atoms with Crippen LogP contribution in [-0.2, 0) is 4.79 Å². The molecule has 2 aliphatic rings. The molecule has 0 aromatic carbocycles. The molecule has 7 heteroatoms. The molecule has 2 amide bonds. The van der Waals surface area contributed by atoms with Gasteiger partial charge in [-0.1, -0.05) is 6.92 Å². The van der Waals surface area contributed by atoms with Crippen molar-refractivity contribution in [3.05, 3.63) is 18.1 Å². The largest absolute Gasteiger partial charge is 0.356 e. The molecule has 0 atom stereocenters. The van der Waals surface area contributed by atoms with Crippen LogP contribution in [0, 0.1) is 5.92 Å². The number of anilines is 1. The third kappa shape index (κ3) is 3.66. The Morgan fingerprint density at radius 2 is 1.62 bits per heavy atom. The summed E-state index contributed by atoms with van der Waals surface area (Å²) >= 11 is 0. The van der Waals surface area contributed by atoms with Gasteiger partial charge < -0.3 is 14.7 Å². The lowest BCUT2D eigenvalue weighted by Gasteiger charge is -2.34. The summed E-state index contributed by atoms with van der Waals surface area (Å²) in [5.41, 5.74) is 0.440. The summed E-state index contributed by atoms with van der Waals surface area (Å²) in [6, 6.07) is 1.80. The topological polar surface area (TPSA) is 69.6 Å². The van der Waals surface area contributed by atoms with Crippen LogP contribution in [0.3, 0.4) is 0 Å². The van der Waals surface area contributed by atoms with E-state index >= 15 is 0 Å². The van der Waals surface area contributed by atoms with E-state index < -0.39 is 0 Å². The lowest BCUT2D eigenvalue weighted by atomic mass is 9.99. The minimum Gasteiger partial charge on any atom is -0.356 e. The highest BCUT2D eigenvalue weighted by molar-refractivity contribution is 5.93. The predicted octanol–water partition coefficient (Wildman–Crippen LogP) is 1.02. The van der Waals surface area contributed by atoms with Crippen molar-refractivity contribution < 1.29 is 9.59 Å². The van der Waals surface area contributed by atoms with E-state index in [4.69, 9.17) is 0 Å². The second-order valence-electron chi connectivity index (χ2n) is 6.73. The first-order valence-electron chi connectivity index (χ1n) is 8.66. The fourth-order valence-electron chi connectivity index (χ4n) is 3.26. The van der Waals surface area contributed by atoms with Crippen molar-refractivity contribution in [3.63, 3.8) is 0 Å². The van der Waals surface area contributed by atoms with Crippen LogP contribution in [0.15, 0.2) is 12.4 Å². The zero-order chi connectivity index (χ0) is 17.1. The first-order valence-corrected chi connectivity index (χ1v) is 8.66. The molecular weight excluding hydrogens is 306 g/mol. The Hall–Kier alpha value is -2.18. The summed E-state index contributed by atoms with van der Waals surface area (Å²) in [6.07, 6.45) is 3.78. The fraction of sp³-hybridized carbons (Fsp3) is 0.647. The highest BCUT2D eigenvalue weighted by Crippen LogP contribution is 2.21. The Morgan fingerprint density at radius 3 is 2.25 bits per heavy atom. The van der Waals surface area contributed by atoms with Crippen molar-refractivity contribution in [1.29, 1.82) is 0 Å². The lowest BCUT2D eigenvalue weighted by molar-refractivity contribution is -0.130. The number of piperidine rings is 1. The molecule has 24 heavy (non-hydrogen) atoms. The molecule has 7 nitrogen and oxygen atoms in total. The molecular formula is C17H25N5O2. The van der Waals surface area contributed by atoms with Crippen LogP contribution in [0.25, 0.3) is 0 Å². The molecule has 0 radical (unpaired) electrons. The average Bonchev–Trinajstić information content (AvgIpc) is 2.62. The van der Waals surface area contributed by atoms with Gasteiger partial charge in [-0.05, 0) is 18.8 Å². The lowest BCUT2D eigenvalue weighted by Crippen LogP contribution is -2.50. The van der Waals surface area contributed by atoms with Crippen molar-refractivity contribution in [3.8, 4) is 0 Å². The summed E-state index contributed by atoms with van der Waals surface area (Å²) in [5, 5.41) is 0. The Bertz CT molecular complexity index is 605. The third-order valence-electron chi connectivity index (χ3n) is 4.99. The number of piperazine rings is 1. The molecule has 0 spiro atoms. The molecule has 1 aromatic heterocycles. The molecule has 2 fully saturated rings. The predicted molar refractivity (Wildman–Crippen MR) is 90.8 cm³/mol. The van der Waals surface area contributed by atoms with Crippen LogP contribution in [0.5, 0.6) is 0 Å². The van der Waals surface area contributed by atoms with E-state index in [1.54, 1.807) is 22.8 Å². The van der Waals surface area contributed by atoms with Crippen molar-refractivity contribution in [2.75, 3.05) is 44.2 Å². The van der Waals surface area contributed by atoms with Crippen LogP contribution < -0.4 is 4.90 Å². The van der Waals surface area contributed by atoms with Crippen LogP contribution in [0.4, 0.5) is 5.82 Å². The molecule has 2 aliphatic heterocycles. The second kappa shape index (κ2) is 7.15. The van der Waals surface area contributed by atoms with Crippen LogP contribution in [-0.4, -0.2) is 70.9 Å². The van der Waals surface area contributed by atoms with Crippen LogP contribution in [0.2, 0.25) is 0 Å². The van der Waals surface area contributed by atoms with Gasteiger partial charge in [-0.2, -0.15) is 0 Å². The van der Waals surface area contributed by atoms with Gasteiger partial charge in [0.05, 0.1) is 0 Å². The summed E-state index contributed by atoms with van der Waals surface area (Å²) in [4.78, 5) is 38.3. The smallest absolute Gasteiger partial charge is 0.272 e. The normalized spacial score (nSPS) is 19.5. The van der Waals surface area contributed by atoms with Gasteiger partial charge in [0.25, 0.3) is 5.91 Å². The number of carbonyl (C=O) groups excluding carboxylic acids is 2. The van der Waals surface area contributed by atoms with Crippen molar-refractivity contribution in [1.82, 2.24) is 19.8 Å². The minimum absolute atomic E-state index is 0.0609. The maximum atomic E-state index is 12.7. The molecule has 130 valence electrons. The Labute approximate surface area is 142 Å². The Kier molecular flexibility index (Phi) is 4.97. The quantitative estimate of drug-likeness (QED) is 0.809. The van der Waals surface area contributed by atoms with Crippen molar-refractivity contribution >= 4 is 17.6 Å². The molecule has 0 aliphatic carbocycles. The summed E-state index contributed by atoms with van der Waals surface area (Å²) in [6.45, 7) is 8.07. The summed E-state index contributed by atoms with van der Waals surface area (Å²) in [7, 11) is 0. The van der Waals surface area contributed by atoms with Gasteiger partial charge in [0.2, 0.25) is 5.91 Å². The molecule has 0 N–H and O–H groups in total. The van der Waals surface area contributed by atoms with Gasteiger partial charge in [0, 0.05) is 52.3 Å². The minimum atomic E-state index is -0.0766. The van der Waals surface area contributed by atoms with Crippen LogP contribution >= 0.6 is 0 Å². The summed E-state index contributed by atoms with van der Waals surface area (Å²) < 4.78 is 0. The van der Waals surface area contributed by atoms with E-state index in [0.29, 0.717) is 31.9 Å². The zero-order valence-corrected chi connectivity index (χ0v) is 14.4. The number of hydrogen-bond donors (Lipinski definition) is 0. The number of carbonyl (C=O) groups is 2. The number of aromatic nitrogens is 2. The van der Waals surface area contributed by atoms with E-state index in [1.165, 1.54) is 6.33 Å². The molecule has 0 saturated carbocycles. The van der Waals surface area contributed by atoms with Gasteiger partial charge in [-0.25, -0.2) is 9.97 Å². The van der Waals surface area contributed by atoms with Gasteiger partial charge in [-0.15, -0.1) is 0 Å². The Morgan fingerprint density at radius 1 is 1.00 bits per heavy atom. The van der Waals surface area contributed by atoms with E-state index in [-0.39, 0.29) is 11.8 Å². The van der Waals surface area contributed by atoms with Crippen molar-refractivity contribution in [2.45, 2.75) is 26.7 Å². The molecule has 3 heterocycles. The first kappa shape index (κ1) is 16.7. The number of amides is 2. The molecule has 1 aromatic rings. The SMILES string of the molecule is CC(=O)N1CCN(C(=O)c2cc(N3CCC(C)CC3)ncn2)CC1. The number of rotatable bonds is 2. The fourth-order valence-corrected chi connectivity index (χ4v) is 3.26. The van der Waals surface area contributed by atoms with E-state index in [1.807, 2.05) is 0 Å². The highest BCUT2D eigenvalue weighted by Gasteiger charge is 2.25. The summed E-state index contributed by atoms with van der Waals surface area (Å²) in [5.74, 6) is 1.57. The maximum absolute atomic E-state index is 12.7. The molecule has 0 bridgehead atoms. The molecule has 3 rings (SSSR count). The number of hydrogen-bond acceptors (Lipinski definition) is 5. The number of nitrogens with zero attached hydrogens (tertiary/aromatic N) is 5. The van der Waals surface area contributed by atoms with Gasteiger partial charge in [0.15, 0.2) is 0 Å². The van der Waals surface area contributed by atoms with E-state index in [0.717, 1.165) is 37.7 Å². The first-order chi connectivity index (χ1) is 11.5. The average molecular weight is 331 g/mol. The van der Waals surface area contributed by atoms with Gasteiger partial charge in [-0.3, -0.25) is 9.59 Å². The van der Waals surface area contributed by atoms with Gasteiger partial charge in [0.1, 0.15) is 17.8 Å². The zero-order valence-electron chi connectivity index (χ0n) is 14.4. The van der Waals surface area contributed by atoms with E-state index in [2.05, 4.69) is 21.8 Å². The van der Waals surface area contributed by atoms with Gasteiger partial charge >= 0.3 is 0 Å². The highest BCUT2D eigenvalue weighted by atomic mass is 16.2. The standard InChI is InChI=1S/C17H25N5O2/c1-13-3-5-21(6-4-13)16-11-15(18-12-19-16)17(24)22-9-7-20(8-10-22)14(2)23/h11-13H,3-10H2,1-2H3. The van der Waals surface area contributed by atoms with Crippen molar-refractivity contribution in [2.24, 2.45) is 5.92 Å². The Balaban J connectivity index is 1.65. The third-order valence-corrected chi connectivity index (χ3v) is 4.99. The maximum Gasteiger partial charge on any atom is 0.272 e. The molecule has 0 unspecified atom stereocenters.